The molecule has 1 aromatic carbocycles. The zero-order valence-electron chi connectivity index (χ0n) is 17.6. The molecule has 0 unspecified atom stereocenters. The van der Waals surface area contributed by atoms with Gasteiger partial charge in [0.25, 0.3) is 0 Å². The Morgan fingerprint density at radius 1 is 0.815 bits per heavy atom. The molecule has 0 spiro atoms. The first kappa shape index (κ1) is 20.3. The van der Waals surface area contributed by atoms with Crippen LogP contribution in [0, 0.1) is 22.7 Å². The van der Waals surface area contributed by atoms with E-state index in [1.807, 2.05) is 19.1 Å². The Bertz CT molecular complexity index is 606. The maximum Gasteiger partial charge on any atom is 0.119 e. The summed E-state index contributed by atoms with van der Waals surface area (Å²) in [6.45, 7) is 5.04. The highest BCUT2D eigenvalue weighted by Gasteiger charge is 2.47. The van der Waals surface area contributed by atoms with E-state index >= 15 is 0 Å². The summed E-state index contributed by atoms with van der Waals surface area (Å²) in [6.07, 6.45) is 18.4. The number of benzene rings is 1. The topological polar surface area (TPSA) is 9.23 Å². The van der Waals surface area contributed by atoms with Crippen LogP contribution in [0.4, 0.5) is 0 Å². The summed E-state index contributed by atoms with van der Waals surface area (Å²) >= 11 is 0. The van der Waals surface area contributed by atoms with Gasteiger partial charge in [-0.05, 0) is 93.4 Å². The monoisotopic (exact) mass is 366 g/mol. The molecule has 0 N–H and O–H groups in total. The first-order valence-electron chi connectivity index (χ1n) is 11.4. The van der Waals surface area contributed by atoms with E-state index in [4.69, 9.17) is 4.74 Å². The smallest absolute Gasteiger partial charge is 0.119 e. The molecule has 1 aromatic rings. The summed E-state index contributed by atoms with van der Waals surface area (Å²) in [7, 11) is 0. The molecule has 3 fully saturated rings. The molecular weight excluding hydrogens is 328 g/mol. The maximum atomic E-state index is 5.49. The molecular formula is C26H38O. The second-order valence-electron chi connectivity index (χ2n) is 9.07. The van der Waals surface area contributed by atoms with Crippen molar-refractivity contribution in [2.24, 2.45) is 10.8 Å². The lowest BCUT2D eigenvalue weighted by molar-refractivity contribution is -0.0198. The summed E-state index contributed by atoms with van der Waals surface area (Å²) in [5.74, 6) is 7.73. The minimum absolute atomic E-state index is 0.624. The normalized spacial score (nSPS) is 26.4. The van der Waals surface area contributed by atoms with E-state index in [2.05, 4.69) is 30.9 Å². The van der Waals surface area contributed by atoms with Crippen LogP contribution in [0.3, 0.4) is 0 Å². The van der Waals surface area contributed by atoms with Crippen LogP contribution in [0.5, 0.6) is 5.75 Å². The van der Waals surface area contributed by atoms with Crippen LogP contribution in [0.15, 0.2) is 24.3 Å². The first-order chi connectivity index (χ1) is 13.2. The van der Waals surface area contributed by atoms with E-state index in [9.17, 15) is 0 Å². The van der Waals surface area contributed by atoms with Crippen molar-refractivity contribution in [2.45, 2.75) is 97.3 Å². The van der Waals surface area contributed by atoms with Gasteiger partial charge >= 0.3 is 0 Å². The van der Waals surface area contributed by atoms with Gasteiger partial charge < -0.3 is 4.74 Å². The van der Waals surface area contributed by atoms with E-state index in [-0.39, 0.29) is 0 Å². The molecule has 0 aliphatic heterocycles. The van der Waals surface area contributed by atoms with Gasteiger partial charge in [0.05, 0.1) is 6.61 Å². The molecule has 0 aromatic heterocycles. The van der Waals surface area contributed by atoms with Crippen molar-refractivity contribution >= 4 is 0 Å². The zero-order chi connectivity index (χ0) is 19.0. The molecule has 0 saturated heterocycles. The Hall–Kier alpha value is -1.42. The van der Waals surface area contributed by atoms with Crippen molar-refractivity contribution in [1.82, 2.24) is 0 Å². The largest absolute Gasteiger partial charge is 0.494 e. The SMILES string of the molecule is CCCCCCC12CCC(CCC#Cc3ccc(OCC)cc3)(CC1)CC2. The minimum Gasteiger partial charge on any atom is -0.494 e. The lowest BCUT2D eigenvalue weighted by atomic mass is 9.51. The molecule has 3 aliphatic rings. The van der Waals surface area contributed by atoms with Crippen molar-refractivity contribution in [1.29, 1.82) is 0 Å². The van der Waals surface area contributed by atoms with E-state index in [0.29, 0.717) is 12.0 Å². The average molecular weight is 367 g/mol. The number of rotatable bonds is 9. The second-order valence-corrected chi connectivity index (χ2v) is 9.07. The van der Waals surface area contributed by atoms with Crippen LogP contribution in [-0.2, 0) is 0 Å². The maximum absolute atomic E-state index is 5.49. The van der Waals surface area contributed by atoms with Crippen LogP contribution in [0.1, 0.15) is 103 Å². The lowest BCUT2D eigenvalue weighted by Crippen LogP contribution is -2.41. The molecule has 3 aliphatic carbocycles. The molecule has 0 heterocycles. The van der Waals surface area contributed by atoms with Gasteiger partial charge in [-0.3, -0.25) is 0 Å². The van der Waals surface area contributed by atoms with Crippen LogP contribution in [0.2, 0.25) is 0 Å². The molecule has 3 saturated carbocycles. The molecule has 2 bridgehead atoms. The van der Waals surface area contributed by atoms with Crippen molar-refractivity contribution in [3.05, 3.63) is 29.8 Å². The van der Waals surface area contributed by atoms with Crippen molar-refractivity contribution in [2.75, 3.05) is 6.61 Å². The summed E-state index contributed by atoms with van der Waals surface area (Å²) in [4.78, 5) is 0. The Labute approximate surface area is 167 Å². The second kappa shape index (κ2) is 9.68. The first-order valence-corrected chi connectivity index (χ1v) is 11.4. The predicted octanol–water partition coefficient (Wildman–Crippen LogP) is 7.53. The Kier molecular flexibility index (Phi) is 7.28. The highest BCUT2D eigenvalue weighted by molar-refractivity contribution is 5.38. The van der Waals surface area contributed by atoms with E-state index in [1.54, 1.807) is 0 Å². The fourth-order valence-corrected chi connectivity index (χ4v) is 5.31. The van der Waals surface area contributed by atoms with Gasteiger partial charge in [0.15, 0.2) is 0 Å². The summed E-state index contributed by atoms with van der Waals surface area (Å²) < 4.78 is 5.49. The molecule has 0 atom stereocenters. The molecule has 1 heteroatoms. The molecule has 1 nitrogen and oxygen atoms in total. The van der Waals surface area contributed by atoms with Crippen LogP contribution < -0.4 is 4.74 Å². The quantitative estimate of drug-likeness (QED) is 0.324. The number of hydrogen-bond acceptors (Lipinski definition) is 1. The fraction of sp³-hybridized carbons (Fsp3) is 0.692. The summed E-state index contributed by atoms with van der Waals surface area (Å²) in [6, 6.07) is 8.19. The summed E-state index contributed by atoms with van der Waals surface area (Å²) in [5, 5.41) is 0. The highest BCUT2D eigenvalue weighted by Crippen LogP contribution is 2.60. The Morgan fingerprint density at radius 3 is 2.04 bits per heavy atom. The Morgan fingerprint density at radius 2 is 1.44 bits per heavy atom. The van der Waals surface area contributed by atoms with Gasteiger partial charge in [-0.25, -0.2) is 0 Å². The number of ether oxygens (including phenoxy) is 1. The average Bonchev–Trinajstić information content (AvgIpc) is 2.72. The van der Waals surface area contributed by atoms with Gasteiger partial charge in [0.2, 0.25) is 0 Å². The van der Waals surface area contributed by atoms with Crippen molar-refractivity contribution < 1.29 is 4.74 Å². The van der Waals surface area contributed by atoms with Crippen LogP contribution >= 0.6 is 0 Å². The fourth-order valence-electron chi connectivity index (χ4n) is 5.31. The number of fused-ring (bicyclic) bond motifs is 3. The third-order valence-corrected chi connectivity index (χ3v) is 7.30. The summed E-state index contributed by atoms with van der Waals surface area (Å²) in [5.41, 5.74) is 2.46. The van der Waals surface area contributed by atoms with Gasteiger partial charge in [0.1, 0.15) is 5.75 Å². The molecule has 0 radical (unpaired) electrons. The van der Waals surface area contributed by atoms with Crippen LogP contribution in [0.25, 0.3) is 0 Å². The molecule has 4 rings (SSSR count). The van der Waals surface area contributed by atoms with Crippen molar-refractivity contribution in [3.63, 3.8) is 0 Å². The Balaban J connectivity index is 1.43. The number of unbranched alkanes of at least 4 members (excludes halogenated alkanes) is 3. The van der Waals surface area contributed by atoms with E-state index in [0.717, 1.165) is 23.1 Å². The number of hydrogen-bond donors (Lipinski definition) is 0. The third kappa shape index (κ3) is 5.54. The zero-order valence-corrected chi connectivity index (χ0v) is 17.6. The standard InChI is InChI=1S/C26H38O/c1-3-5-6-8-15-25-17-20-26(21-18-25,22-19-25)16-9-7-10-23-11-13-24(14-12-23)27-4-2/h11-14H,3-6,8-9,15-22H2,1-2H3. The predicted molar refractivity (Wildman–Crippen MR) is 115 cm³/mol. The third-order valence-electron chi connectivity index (χ3n) is 7.30. The van der Waals surface area contributed by atoms with E-state index in [1.165, 1.54) is 77.0 Å². The van der Waals surface area contributed by atoms with Crippen LogP contribution in [-0.4, -0.2) is 6.61 Å². The van der Waals surface area contributed by atoms with Gasteiger partial charge in [0, 0.05) is 12.0 Å². The minimum atomic E-state index is 0.624. The van der Waals surface area contributed by atoms with Gasteiger partial charge in [-0.15, -0.1) is 0 Å². The lowest BCUT2D eigenvalue weighted by Gasteiger charge is -2.54. The molecule has 0 amide bonds. The van der Waals surface area contributed by atoms with Gasteiger partial charge in [-0.1, -0.05) is 44.4 Å². The van der Waals surface area contributed by atoms with Gasteiger partial charge in [-0.2, -0.15) is 0 Å². The highest BCUT2D eigenvalue weighted by atomic mass is 16.5. The van der Waals surface area contributed by atoms with Crippen molar-refractivity contribution in [3.8, 4) is 17.6 Å². The molecule has 27 heavy (non-hydrogen) atoms. The molecule has 148 valence electrons. The van der Waals surface area contributed by atoms with E-state index < -0.39 is 0 Å².